The Kier molecular flexibility index (Phi) is 3.20. The fourth-order valence-corrected chi connectivity index (χ4v) is 0.889. The monoisotopic (exact) mass is 160 g/mol. The molecule has 0 saturated heterocycles. The van der Waals surface area contributed by atoms with Crippen molar-refractivity contribution in [2.45, 2.75) is 6.92 Å². The molecule has 1 rings (SSSR count). The molecule has 2 heteroatoms. The number of aliphatic imine (C=N–C) groups is 2. The summed E-state index contributed by atoms with van der Waals surface area (Å²) in [6, 6.07) is 8.00. The summed E-state index contributed by atoms with van der Waals surface area (Å²) in [4.78, 5) is 8.03. The molecule has 2 nitrogen and oxygen atoms in total. The minimum Gasteiger partial charge on any atom is -0.295 e. The number of nitrogens with zero attached hydrogens (tertiary/aromatic N) is 2. The predicted molar refractivity (Wildman–Crippen MR) is 53.7 cm³/mol. The minimum absolute atomic E-state index is 0.998. The molecule has 1 aromatic rings. The average molecular weight is 160 g/mol. The van der Waals surface area contributed by atoms with Gasteiger partial charge in [-0.15, -0.1) is 0 Å². The molecule has 0 N–H and O–H groups in total. The molecular formula is C10H12N2. The molecule has 0 aliphatic heterocycles. The van der Waals surface area contributed by atoms with Crippen LogP contribution in [0.2, 0.25) is 0 Å². The Labute approximate surface area is 72.7 Å². The highest BCUT2D eigenvalue weighted by Gasteiger charge is 1.89. The van der Waals surface area contributed by atoms with Crippen LogP contribution in [0.1, 0.15) is 5.56 Å². The second-order valence-electron chi connectivity index (χ2n) is 2.47. The van der Waals surface area contributed by atoms with Crippen molar-refractivity contribution in [2.75, 3.05) is 7.05 Å². The van der Waals surface area contributed by atoms with E-state index < -0.39 is 0 Å². The molecule has 12 heavy (non-hydrogen) atoms. The maximum Gasteiger partial charge on any atom is 0.0659 e. The van der Waals surface area contributed by atoms with E-state index in [0.29, 0.717) is 0 Å². The van der Waals surface area contributed by atoms with Crippen molar-refractivity contribution in [3.63, 3.8) is 0 Å². The summed E-state index contributed by atoms with van der Waals surface area (Å²) in [6.07, 6.45) is 3.37. The lowest BCUT2D eigenvalue weighted by atomic mass is 10.2. The first kappa shape index (κ1) is 8.65. The number of para-hydroxylation sites is 1. The Morgan fingerprint density at radius 1 is 1.17 bits per heavy atom. The summed E-state index contributed by atoms with van der Waals surface area (Å²) in [7, 11) is 1.73. The Morgan fingerprint density at radius 3 is 2.58 bits per heavy atom. The van der Waals surface area contributed by atoms with Gasteiger partial charge in [-0.05, 0) is 18.6 Å². The SMILES string of the molecule is C/N=C/C=N\c1ccccc1C. The zero-order valence-corrected chi connectivity index (χ0v) is 7.36. The van der Waals surface area contributed by atoms with E-state index in [4.69, 9.17) is 0 Å². The Morgan fingerprint density at radius 2 is 1.92 bits per heavy atom. The largest absolute Gasteiger partial charge is 0.295 e. The third-order valence-corrected chi connectivity index (χ3v) is 1.54. The predicted octanol–water partition coefficient (Wildman–Crippen LogP) is 2.40. The van der Waals surface area contributed by atoms with Gasteiger partial charge in [0.05, 0.1) is 5.69 Å². The standard InChI is InChI=1S/C10H12N2/c1-9-5-3-4-6-10(9)12-8-7-11-2/h3-8H,1-2H3/b11-7+,12-8-. The molecule has 0 aliphatic rings. The van der Waals surface area contributed by atoms with Crippen LogP contribution >= 0.6 is 0 Å². The van der Waals surface area contributed by atoms with Gasteiger partial charge in [-0.3, -0.25) is 9.98 Å². The summed E-state index contributed by atoms with van der Waals surface area (Å²) in [5.74, 6) is 0. The van der Waals surface area contributed by atoms with Gasteiger partial charge in [-0.2, -0.15) is 0 Å². The van der Waals surface area contributed by atoms with Crippen molar-refractivity contribution in [2.24, 2.45) is 9.98 Å². The maximum atomic E-state index is 4.22. The van der Waals surface area contributed by atoms with Gasteiger partial charge in [0.15, 0.2) is 0 Å². The molecular weight excluding hydrogens is 148 g/mol. The van der Waals surface area contributed by atoms with Crippen LogP contribution in [0.5, 0.6) is 0 Å². The molecule has 0 aliphatic carbocycles. The van der Waals surface area contributed by atoms with Crippen LogP contribution in [0.15, 0.2) is 34.3 Å². The van der Waals surface area contributed by atoms with Gasteiger partial charge in [0, 0.05) is 19.5 Å². The van der Waals surface area contributed by atoms with Gasteiger partial charge in [-0.1, -0.05) is 18.2 Å². The lowest BCUT2D eigenvalue weighted by Gasteiger charge is -1.95. The average Bonchev–Trinajstić information content (AvgIpc) is 2.09. The van der Waals surface area contributed by atoms with Crippen LogP contribution in [0.3, 0.4) is 0 Å². The van der Waals surface area contributed by atoms with Crippen LogP contribution in [-0.4, -0.2) is 19.5 Å². The van der Waals surface area contributed by atoms with Crippen molar-refractivity contribution in [3.05, 3.63) is 29.8 Å². The van der Waals surface area contributed by atoms with Crippen molar-refractivity contribution in [1.29, 1.82) is 0 Å². The fraction of sp³-hybridized carbons (Fsp3) is 0.200. The summed E-state index contributed by atoms with van der Waals surface area (Å²) in [6.45, 7) is 2.04. The number of aryl methyl sites for hydroxylation is 1. The van der Waals surface area contributed by atoms with Crippen molar-refractivity contribution < 1.29 is 0 Å². The molecule has 62 valence electrons. The molecule has 0 saturated carbocycles. The van der Waals surface area contributed by atoms with E-state index in [0.717, 1.165) is 5.69 Å². The first-order chi connectivity index (χ1) is 5.84. The molecule has 0 atom stereocenters. The smallest absolute Gasteiger partial charge is 0.0659 e. The van der Waals surface area contributed by atoms with E-state index in [2.05, 4.69) is 9.98 Å². The highest BCUT2D eigenvalue weighted by atomic mass is 14.7. The van der Waals surface area contributed by atoms with Gasteiger partial charge in [0.25, 0.3) is 0 Å². The Bertz CT molecular complexity index is 300. The van der Waals surface area contributed by atoms with Crippen LogP contribution in [0.25, 0.3) is 0 Å². The topological polar surface area (TPSA) is 24.7 Å². The van der Waals surface area contributed by atoms with Gasteiger partial charge in [-0.25, -0.2) is 0 Å². The van der Waals surface area contributed by atoms with E-state index >= 15 is 0 Å². The lowest BCUT2D eigenvalue weighted by Crippen LogP contribution is -1.76. The Balaban J connectivity index is 2.82. The first-order valence-electron chi connectivity index (χ1n) is 3.85. The van der Waals surface area contributed by atoms with Crippen molar-refractivity contribution >= 4 is 18.1 Å². The van der Waals surface area contributed by atoms with E-state index in [9.17, 15) is 0 Å². The number of hydrogen-bond acceptors (Lipinski definition) is 2. The quantitative estimate of drug-likeness (QED) is 0.593. The highest BCUT2D eigenvalue weighted by molar-refractivity contribution is 6.16. The zero-order valence-electron chi connectivity index (χ0n) is 7.36. The normalized spacial score (nSPS) is 11.5. The fourth-order valence-electron chi connectivity index (χ4n) is 0.889. The summed E-state index contributed by atoms with van der Waals surface area (Å²) in [5.41, 5.74) is 2.18. The summed E-state index contributed by atoms with van der Waals surface area (Å²) in [5, 5.41) is 0. The van der Waals surface area contributed by atoms with Crippen LogP contribution in [-0.2, 0) is 0 Å². The van der Waals surface area contributed by atoms with Gasteiger partial charge in [0.1, 0.15) is 0 Å². The summed E-state index contributed by atoms with van der Waals surface area (Å²) < 4.78 is 0. The molecule has 0 radical (unpaired) electrons. The lowest BCUT2D eigenvalue weighted by molar-refractivity contribution is 1.41. The molecule has 0 aromatic heterocycles. The molecule has 0 spiro atoms. The van der Waals surface area contributed by atoms with E-state index in [-0.39, 0.29) is 0 Å². The van der Waals surface area contributed by atoms with Gasteiger partial charge >= 0.3 is 0 Å². The summed E-state index contributed by atoms with van der Waals surface area (Å²) >= 11 is 0. The maximum absolute atomic E-state index is 4.22. The third kappa shape index (κ3) is 2.31. The van der Waals surface area contributed by atoms with E-state index in [1.165, 1.54) is 5.56 Å². The van der Waals surface area contributed by atoms with E-state index in [1.54, 1.807) is 19.5 Å². The van der Waals surface area contributed by atoms with Crippen molar-refractivity contribution in [3.8, 4) is 0 Å². The highest BCUT2D eigenvalue weighted by Crippen LogP contribution is 2.15. The van der Waals surface area contributed by atoms with Crippen LogP contribution in [0.4, 0.5) is 5.69 Å². The van der Waals surface area contributed by atoms with Crippen molar-refractivity contribution in [1.82, 2.24) is 0 Å². The molecule has 0 amide bonds. The zero-order chi connectivity index (χ0) is 8.81. The van der Waals surface area contributed by atoms with Crippen LogP contribution < -0.4 is 0 Å². The second-order valence-corrected chi connectivity index (χ2v) is 2.47. The molecule has 0 fully saturated rings. The van der Waals surface area contributed by atoms with Gasteiger partial charge < -0.3 is 0 Å². The molecule has 0 heterocycles. The number of hydrogen-bond donors (Lipinski definition) is 0. The second kappa shape index (κ2) is 4.44. The van der Waals surface area contributed by atoms with E-state index in [1.807, 2.05) is 31.2 Å². The number of rotatable bonds is 2. The Hall–Kier alpha value is -1.44. The third-order valence-electron chi connectivity index (χ3n) is 1.54. The van der Waals surface area contributed by atoms with Gasteiger partial charge in [0.2, 0.25) is 0 Å². The molecule has 0 bridgehead atoms. The first-order valence-corrected chi connectivity index (χ1v) is 3.85. The number of benzene rings is 1. The van der Waals surface area contributed by atoms with Crippen LogP contribution in [0, 0.1) is 6.92 Å². The molecule has 1 aromatic carbocycles. The molecule has 0 unspecified atom stereocenters. The minimum atomic E-state index is 0.998.